The Hall–Kier alpha value is -0.390. The van der Waals surface area contributed by atoms with Gasteiger partial charge in [-0.1, -0.05) is 0 Å². The van der Waals surface area contributed by atoms with Crippen LogP contribution in [0.1, 0.15) is 0 Å². The third-order valence-electron chi connectivity index (χ3n) is 1.74. The Balaban J connectivity index is 2.81. The van der Waals surface area contributed by atoms with Crippen LogP contribution in [0.5, 0.6) is 0 Å². The number of thioether (sulfide) groups is 1. The van der Waals surface area contributed by atoms with Gasteiger partial charge in [-0.2, -0.15) is 0 Å². The molecule has 0 saturated carbocycles. The van der Waals surface area contributed by atoms with Crippen LogP contribution in [0.3, 0.4) is 0 Å². The summed E-state index contributed by atoms with van der Waals surface area (Å²) in [7, 11) is -3.53. The second kappa shape index (κ2) is 5.98. The number of nitrogens with zero attached hydrogens (tertiary/aromatic N) is 1. The van der Waals surface area contributed by atoms with Gasteiger partial charge < -0.3 is 0 Å². The zero-order valence-electron chi connectivity index (χ0n) is 8.50. The smallest absolute Gasteiger partial charge is 0.258 e. The molecule has 0 aliphatic rings. The van der Waals surface area contributed by atoms with E-state index < -0.39 is 14.9 Å². The van der Waals surface area contributed by atoms with Crippen LogP contribution in [0.15, 0.2) is 23.1 Å². The lowest BCUT2D eigenvalue weighted by molar-refractivity contribution is -0.387. The summed E-state index contributed by atoms with van der Waals surface area (Å²) in [6.45, 7) is 0. The molecule has 0 bridgehead atoms. The summed E-state index contributed by atoms with van der Waals surface area (Å²) >= 11 is 3.08. The van der Waals surface area contributed by atoms with Crippen molar-refractivity contribution in [2.24, 2.45) is 5.14 Å². The van der Waals surface area contributed by atoms with Crippen LogP contribution in [-0.4, -0.2) is 24.8 Å². The van der Waals surface area contributed by atoms with Gasteiger partial charge in [0.2, 0.25) is 10.0 Å². The molecule has 0 aliphatic carbocycles. The Labute approximate surface area is 116 Å². The normalized spacial score (nSPS) is 11.4. The van der Waals surface area contributed by atoms with E-state index >= 15 is 0 Å². The summed E-state index contributed by atoms with van der Waals surface area (Å²) in [5.41, 5.74) is -0.0173. The summed E-state index contributed by atoms with van der Waals surface area (Å²) < 4.78 is 22.2. The predicted molar refractivity (Wildman–Crippen MR) is 74.5 cm³/mol. The lowest BCUT2D eigenvalue weighted by atomic mass is 10.3. The molecule has 6 nitrogen and oxygen atoms in total. The van der Waals surface area contributed by atoms with E-state index in [1.54, 1.807) is 12.1 Å². The second-order valence-electron chi connectivity index (χ2n) is 3.08. The number of halogens is 1. The van der Waals surface area contributed by atoms with Crippen molar-refractivity contribution in [3.8, 4) is 0 Å². The lowest BCUT2D eigenvalue weighted by Crippen LogP contribution is -2.17. The van der Waals surface area contributed by atoms with Crippen molar-refractivity contribution in [3.05, 3.63) is 31.9 Å². The first-order valence-electron chi connectivity index (χ1n) is 4.37. The molecule has 0 spiro atoms. The van der Waals surface area contributed by atoms with Crippen molar-refractivity contribution in [2.45, 2.75) is 4.90 Å². The fourth-order valence-electron chi connectivity index (χ4n) is 1.02. The average molecular weight is 388 g/mol. The molecule has 94 valence electrons. The van der Waals surface area contributed by atoms with Gasteiger partial charge in [0.05, 0.1) is 15.6 Å². The molecule has 0 atom stereocenters. The summed E-state index contributed by atoms with van der Waals surface area (Å²) in [5, 5.41) is 15.6. The first-order chi connectivity index (χ1) is 7.79. The van der Waals surface area contributed by atoms with E-state index in [0.717, 1.165) is 15.3 Å². The van der Waals surface area contributed by atoms with Crippen molar-refractivity contribution in [1.82, 2.24) is 0 Å². The van der Waals surface area contributed by atoms with Crippen LogP contribution in [0.25, 0.3) is 0 Å². The molecule has 1 rings (SSSR count). The molecule has 9 heteroatoms. The molecule has 0 aliphatic heterocycles. The molecule has 17 heavy (non-hydrogen) atoms. The molecule has 0 heterocycles. The topological polar surface area (TPSA) is 103 Å². The molecule has 0 saturated heterocycles. The van der Waals surface area contributed by atoms with Crippen molar-refractivity contribution in [1.29, 1.82) is 0 Å². The molecule has 0 amide bonds. The minimum absolute atomic E-state index is 0.0173. The summed E-state index contributed by atoms with van der Waals surface area (Å²) in [4.78, 5) is 10.7. The van der Waals surface area contributed by atoms with Gasteiger partial charge >= 0.3 is 0 Å². The third kappa shape index (κ3) is 5.19. The monoisotopic (exact) mass is 388 g/mol. The summed E-state index contributed by atoms with van der Waals surface area (Å²) in [6.07, 6.45) is 0. The number of hydrogen-bond acceptors (Lipinski definition) is 5. The zero-order valence-corrected chi connectivity index (χ0v) is 12.3. The van der Waals surface area contributed by atoms with Gasteiger partial charge in [0.1, 0.15) is 0 Å². The van der Waals surface area contributed by atoms with Gasteiger partial charge in [0, 0.05) is 15.4 Å². The largest absolute Gasteiger partial charge is 0.283 e. The zero-order chi connectivity index (χ0) is 13.1. The molecule has 0 unspecified atom stereocenters. The van der Waals surface area contributed by atoms with Crippen molar-refractivity contribution < 1.29 is 13.3 Å². The highest BCUT2D eigenvalue weighted by molar-refractivity contribution is 14.1. The maximum absolute atomic E-state index is 10.8. The number of benzene rings is 1. The SMILES string of the molecule is NS(=O)(=O)CCSc1ccc(I)cc1[N+](=O)[O-]. The van der Waals surface area contributed by atoms with Crippen LogP contribution in [0.2, 0.25) is 0 Å². The van der Waals surface area contributed by atoms with Gasteiger partial charge in [-0.25, -0.2) is 13.6 Å². The van der Waals surface area contributed by atoms with Crippen molar-refractivity contribution in [3.63, 3.8) is 0 Å². The Morgan fingerprint density at radius 1 is 1.47 bits per heavy atom. The molecular weight excluding hydrogens is 379 g/mol. The number of nitro groups is 1. The predicted octanol–water partition coefficient (Wildman–Crippen LogP) is 1.58. The third-order valence-corrected chi connectivity index (χ3v) is 4.51. The molecule has 0 fully saturated rings. The fraction of sp³-hybridized carbons (Fsp3) is 0.250. The minimum atomic E-state index is -3.53. The number of primary sulfonamides is 1. The summed E-state index contributed by atoms with van der Waals surface area (Å²) in [5.74, 6) is -0.0128. The highest BCUT2D eigenvalue weighted by Gasteiger charge is 2.15. The highest BCUT2D eigenvalue weighted by atomic mass is 127. The van der Waals surface area contributed by atoms with E-state index in [4.69, 9.17) is 5.14 Å². The number of nitrogens with two attached hydrogens (primary N) is 1. The van der Waals surface area contributed by atoms with E-state index in [2.05, 4.69) is 0 Å². The average Bonchev–Trinajstić information content (AvgIpc) is 2.18. The van der Waals surface area contributed by atoms with E-state index in [-0.39, 0.29) is 17.2 Å². The van der Waals surface area contributed by atoms with Gasteiger partial charge in [-0.15, -0.1) is 11.8 Å². The summed E-state index contributed by atoms with van der Waals surface area (Å²) in [6, 6.07) is 4.78. The van der Waals surface area contributed by atoms with E-state index in [1.807, 2.05) is 22.6 Å². The van der Waals surface area contributed by atoms with Crippen LogP contribution in [0, 0.1) is 13.7 Å². The van der Waals surface area contributed by atoms with Crippen LogP contribution >= 0.6 is 34.4 Å². The maximum atomic E-state index is 10.8. The van der Waals surface area contributed by atoms with Gasteiger partial charge in [0.15, 0.2) is 0 Å². The van der Waals surface area contributed by atoms with Crippen LogP contribution in [-0.2, 0) is 10.0 Å². The first kappa shape index (κ1) is 14.7. The highest BCUT2D eigenvalue weighted by Crippen LogP contribution is 2.30. The quantitative estimate of drug-likeness (QED) is 0.357. The van der Waals surface area contributed by atoms with E-state index in [9.17, 15) is 18.5 Å². The molecule has 1 aromatic carbocycles. The van der Waals surface area contributed by atoms with E-state index in [0.29, 0.717) is 4.90 Å². The second-order valence-corrected chi connectivity index (χ2v) is 7.20. The lowest BCUT2D eigenvalue weighted by Gasteiger charge is -2.02. The molecule has 0 radical (unpaired) electrons. The Morgan fingerprint density at radius 3 is 2.65 bits per heavy atom. The van der Waals surface area contributed by atoms with Crippen molar-refractivity contribution >= 4 is 50.1 Å². The van der Waals surface area contributed by atoms with E-state index in [1.165, 1.54) is 6.07 Å². The standard InChI is InChI=1S/C8H9IN2O4S2/c9-6-1-2-8(7(5-6)11(12)13)16-3-4-17(10,14)15/h1-2,5H,3-4H2,(H2,10,14,15). The number of hydrogen-bond donors (Lipinski definition) is 1. The molecule has 0 aromatic heterocycles. The fourth-order valence-corrected chi connectivity index (χ4v) is 3.43. The minimum Gasteiger partial charge on any atom is -0.258 e. The van der Waals surface area contributed by atoms with Crippen LogP contribution in [0.4, 0.5) is 5.69 Å². The van der Waals surface area contributed by atoms with Gasteiger partial charge in [-0.05, 0) is 34.7 Å². The Kier molecular flexibility index (Phi) is 5.16. The number of sulfonamides is 1. The number of nitro benzene ring substituents is 1. The first-order valence-corrected chi connectivity index (χ1v) is 8.15. The molecule has 1 aromatic rings. The van der Waals surface area contributed by atoms with Crippen molar-refractivity contribution in [2.75, 3.05) is 11.5 Å². The molecular formula is C8H9IN2O4S2. The Bertz CT molecular complexity index is 532. The van der Waals surface area contributed by atoms with Crippen LogP contribution < -0.4 is 5.14 Å². The maximum Gasteiger partial charge on any atom is 0.283 e. The number of rotatable bonds is 5. The molecule has 2 N–H and O–H groups in total. The Morgan fingerprint density at radius 2 is 2.12 bits per heavy atom. The van der Waals surface area contributed by atoms with Gasteiger partial charge in [-0.3, -0.25) is 10.1 Å². The van der Waals surface area contributed by atoms with Gasteiger partial charge in [0.25, 0.3) is 5.69 Å².